The molecule has 11 nitrogen and oxygen atoms in total. The van der Waals surface area contributed by atoms with E-state index in [0.29, 0.717) is 58.5 Å². The Morgan fingerprint density at radius 3 is 2.89 bits per heavy atom. The van der Waals surface area contributed by atoms with Crippen LogP contribution in [0.5, 0.6) is 11.5 Å². The zero-order chi connectivity index (χ0) is 25.1. The van der Waals surface area contributed by atoms with Gasteiger partial charge in [-0.3, -0.25) is 4.79 Å². The lowest BCUT2D eigenvalue weighted by molar-refractivity contribution is 0.183. The lowest BCUT2D eigenvalue weighted by atomic mass is 10.2. The summed E-state index contributed by atoms with van der Waals surface area (Å²) in [4.78, 5) is 22.4. The Morgan fingerprint density at radius 2 is 2.08 bits per heavy atom. The minimum absolute atomic E-state index is 0.0667. The van der Waals surface area contributed by atoms with Gasteiger partial charge in [-0.05, 0) is 37.5 Å². The number of nitrogens with one attached hydrogen (secondary N) is 1. The highest BCUT2D eigenvalue weighted by molar-refractivity contribution is 6.36. The molecule has 0 unspecified atom stereocenters. The molecule has 1 saturated heterocycles. The summed E-state index contributed by atoms with van der Waals surface area (Å²) in [5.41, 5.74) is 2.94. The van der Waals surface area contributed by atoms with E-state index in [-0.39, 0.29) is 11.6 Å². The summed E-state index contributed by atoms with van der Waals surface area (Å²) in [6.07, 6.45) is 7.93. The fourth-order valence-corrected chi connectivity index (χ4v) is 4.99. The van der Waals surface area contributed by atoms with E-state index in [0.717, 1.165) is 30.5 Å². The van der Waals surface area contributed by atoms with Crippen molar-refractivity contribution in [3.63, 3.8) is 0 Å². The van der Waals surface area contributed by atoms with Crippen molar-refractivity contribution in [3.8, 4) is 11.5 Å². The van der Waals surface area contributed by atoms with Crippen LogP contribution in [0.2, 0.25) is 5.02 Å². The van der Waals surface area contributed by atoms with Gasteiger partial charge in [0, 0.05) is 25.8 Å². The van der Waals surface area contributed by atoms with E-state index < -0.39 is 0 Å². The molecular weight excluding hydrogens is 496 g/mol. The molecule has 0 spiro atoms. The zero-order valence-electron chi connectivity index (χ0n) is 20.0. The van der Waals surface area contributed by atoms with Crippen LogP contribution < -0.4 is 15.6 Å². The number of imidazole rings is 1. The number of pyridine rings is 2. The molecule has 5 aromatic heterocycles. The third-order valence-electron chi connectivity index (χ3n) is 6.86. The average Bonchev–Trinajstić information content (AvgIpc) is 3.31. The molecule has 2 fully saturated rings. The Hall–Kier alpha value is -3.96. The molecule has 0 aromatic carbocycles. The molecule has 12 heteroatoms. The fraction of sp³-hybridized carbons (Fsp3) is 0.320. The normalized spacial score (nSPS) is 17.6. The van der Waals surface area contributed by atoms with Gasteiger partial charge < -0.3 is 19.4 Å². The van der Waals surface area contributed by atoms with Gasteiger partial charge in [0.05, 0.1) is 30.7 Å². The first-order valence-corrected chi connectivity index (χ1v) is 12.5. The predicted octanol–water partition coefficient (Wildman–Crippen LogP) is 4.20. The second-order valence-corrected chi connectivity index (χ2v) is 9.77. The van der Waals surface area contributed by atoms with E-state index >= 15 is 0 Å². The first-order chi connectivity index (χ1) is 18.1. The molecule has 5 aromatic rings. The van der Waals surface area contributed by atoms with Gasteiger partial charge in [0.25, 0.3) is 5.56 Å². The molecule has 6 heterocycles. The van der Waals surface area contributed by atoms with Crippen LogP contribution in [0, 0.1) is 0 Å². The number of fused-ring (bicyclic) bond motifs is 2. The van der Waals surface area contributed by atoms with Crippen molar-refractivity contribution in [2.75, 3.05) is 18.5 Å². The number of nitrogens with zero attached hydrogens (tertiary/aromatic N) is 7. The van der Waals surface area contributed by atoms with Crippen molar-refractivity contribution in [1.82, 2.24) is 33.9 Å². The van der Waals surface area contributed by atoms with Crippen LogP contribution in [0.25, 0.3) is 16.7 Å². The Bertz CT molecular complexity index is 1710. The molecule has 0 radical (unpaired) electrons. The molecule has 1 saturated carbocycles. The van der Waals surface area contributed by atoms with E-state index in [1.54, 1.807) is 26.2 Å². The molecule has 2 aliphatic rings. The molecule has 0 amide bonds. The molecule has 1 atom stereocenters. The van der Waals surface area contributed by atoms with Crippen LogP contribution in [0.3, 0.4) is 0 Å². The molecule has 7 rings (SSSR count). The molecule has 188 valence electrons. The molecule has 1 aliphatic heterocycles. The summed E-state index contributed by atoms with van der Waals surface area (Å²) in [6, 6.07) is 7.47. The van der Waals surface area contributed by atoms with Crippen molar-refractivity contribution in [3.05, 3.63) is 63.9 Å². The zero-order valence-corrected chi connectivity index (χ0v) is 20.7. The lowest BCUT2D eigenvalue weighted by Crippen LogP contribution is -2.30. The number of aryl methyl sites for hydroxylation is 1. The minimum atomic E-state index is -0.205. The Balaban J connectivity index is 1.26. The van der Waals surface area contributed by atoms with Gasteiger partial charge in [-0.25, -0.2) is 14.2 Å². The van der Waals surface area contributed by atoms with E-state index in [2.05, 4.69) is 25.5 Å². The Morgan fingerprint density at radius 1 is 1.19 bits per heavy atom. The minimum Gasteiger partial charge on any atom is -0.450 e. The Labute approximate surface area is 215 Å². The largest absolute Gasteiger partial charge is 0.450 e. The number of aromatic nitrogens is 7. The summed E-state index contributed by atoms with van der Waals surface area (Å²) < 4.78 is 16.6. The van der Waals surface area contributed by atoms with Gasteiger partial charge in [0.2, 0.25) is 5.95 Å². The standard InChI is InChI=1S/C25H23ClN8O3/c1-32-22-21(26)20(37-19-12-28-33-8-3-2-4-18(19)33)11-27-23(22)30-25(32)29-17-10-16(14-5-6-14)31-34(24(17)35)15-7-9-36-13-15/h2-4,8,10-12,14-15H,5-7,9,13H2,1H3,(H,27,29,30)/t15-/m0/s1. The van der Waals surface area contributed by atoms with Crippen LogP contribution in [-0.2, 0) is 11.8 Å². The number of anilines is 2. The first-order valence-electron chi connectivity index (χ1n) is 12.2. The van der Waals surface area contributed by atoms with Gasteiger partial charge in [0.1, 0.15) is 21.7 Å². The van der Waals surface area contributed by atoms with Crippen molar-refractivity contribution in [2.45, 2.75) is 31.2 Å². The maximum atomic E-state index is 13.4. The maximum absolute atomic E-state index is 13.4. The van der Waals surface area contributed by atoms with E-state index in [9.17, 15) is 4.79 Å². The van der Waals surface area contributed by atoms with Crippen molar-refractivity contribution < 1.29 is 9.47 Å². The number of halogens is 1. The van der Waals surface area contributed by atoms with Gasteiger partial charge in [-0.15, -0.1) is 0 Å². The smallest absolute Gasteiger partial charge is 0.290 e. The Kier molecular flexibility index (Phi) is 5.15. The fourth-order valence-electron chi connectivity index (χ4n) is 4.69. The van der Waals surface area contributed by atoms with Crippen LogP contribution in [0.4, 0.5) is 11.6 Å². The summed E-state index contributed by atoms with van der Waals surface area (Å²) >= 11 is 6.78. The molecule has 37 heavy (non-hydrogen) atoms. The highest BCUT2D eigenvalue weighted by atomic mass is 35.5. The van der Waals surface area contributed by atoms with Crippen LogP contribution in [0.15, 0.2) is 47.7 Å². The van der Waals surface area contributed by atoms with Crippen LogP contribution in [-0.4, -0.2) is 47.1 Å². The van der Waals surface area contributed by atoms with Gasteiger partial charge >= 0.3 is 0 Å². The van der Waals surface area contributed by atoms with Gasteiger partial charge in [0.15, 0.2) is 17.1 Å². The van der Waals surface area contributed by atoms with Crippen LogP contribution in [0.1, 0.15) is 36.9 Å². The second-order valence-electron chi connectivity index (χ2n) is 9.39. The second kappa shape index (κ2) is 8.56. The maximum Gasteiger partial charge on any atom is 0.290 e. The van der Waals surface area contributed by atoms with Crippen molar-refractivity contribution in [1.29, 1.82) is 0 Å². The topological polar surface area (TPSA) is 113 Å². The van der Waals surface area contributed by atoms with Gasteiger partial charge in [-0.1, -0.05) is 17.7 Å². The summed E-state index contributed by atoms with van der Waals surface area (Å²) in [5.74, 6) is 1.76. The van der Waals surface area contributed by atoms with Crippen molar-refractivity contribution >= 4 is 39.9 Å². The van der Waals surface area contributed by atoms with Crippen molar-refractivity contribution in [2.24, 2.45) is 7.05 Å². The molecule has 0 bridgehead atoms. The number of hydrogen-bond donors (Lipinski definition) is 1. The number of hydrogen-bond acceptors (Lipinski definition) is 8. The van der Waals surface area contributed by atoms with Crippen LogP contribution >= 0.6 is 11.6 Å². The molecule has 1 aliphatic carbocycles. The predicted molar refractivity (Wildman–Crippen MR) is 137 cm³/mol. The quantitative estimate of drug-likeness (QED) is 0.356. The first kappa shape index (κ1) is 22.3. The molecule has 1 N–H and O–H groups in total. The SMILES string of the molecule is Cn1c(Nc2cc(C3CC3)nn([C@H]3CCOC3)c2=O)nc2ncc(Oc3cnn4ccccc34)c(Cl)c21. The molecular formula is C25H23ClN8O3. The summed E-state index contributed by atoms with van der Waals surface area (Å²) in [6.45, 7) is 1.12. The lowest BCUT2D eigenvalue weighted by Gasteiger charge is -2.15. The number of rotatable bonds is 6. The number of ether oxygens (including phenoxy) is 2. The van der Waals surface area contributed by atoms with E-state index in [1.807, 2.05) is 37.5 Å². The van der Waals surface area contributed by atoms with E-state index in [4.69, 9.17) is 21.1 Å². The summed E-state index contributed by atoms with van der Waals surface area (Å²) in [7, 11) is 1.82. The average molecular weight is 519 g/mol. The van der Waals surface area contributed by atoms with E-state index in [1.165, 1.54) is 0 Å². The third kappa shape index (κ3) is 3.82. The highest BCUT2D eigenvalue weighted by Crippen LogP contribution is 2.40. The van der Waals surface area contributed by atoms with Gasteiger partial charge in [-0.2, -0.15) is 15.2 Å². The summed E-state index contributed by atoms with van der Waals surface area (Å²) in [5, 5.41) is 12.5. The monoisotopic (exact) mass is 518 g/mol. The third-order valence-corrected chi connectivity index (χ3v) is 7.23. The highest BCUT2D eigenvalue weighted by Gasteiger charge is 2.29.